The normalized spacial score (nSPS) is 15.2. The lowest BCUT2D eigenvalue weighted by Crippen LogP contribution is -2.22. The number of pyridine rings is 1. The summed E-state index contributed by atoms with van der Waals surface area (Å²) in [5.74, 6) is 0. The van der Waals surface area contributed by atoms with Gasteiger partial charge in [-0.05, 0) is 25.8 Å². The minimum atomic E-state index is -4.19. The summed E-state index contributed by atoms with van der Waals surface area (Å²) in [6, 6.07) is 8.99. The van der Waals surface area contributed by atoms with Crippen LogP contribution in [0.2, 0.25) is 0 Å². The molecule has 0 aliphatic heterocycles. The van der Waals surface area contributed by atoms with Crippen LogP contribution < -0.4 is 0 Å². The van der Waals surface area contributed by atoms with Gasteiger partial charge in [-0.3, -0.25) is 4.98 Å². The molecule has 1 aromatic heterocycles. The number of aromatic nitrogens is 1. The molecule has 0 bridgehead atoms. The predicted molar refractivity (Wildman–Crippen MR) is 71.2 cm³/mol. The molecule has 0 radical (unpaired) electrons. The van der Waals surface area contributed by atoms with Gasteiger partial charge in [-0.1, -0.05) is 24.3 Å². The second-order valence-corrected chi connectivity index (χ2v) is 5.12. The minimum Gasteiger partial charge on any atom is -0.385 e. The second kappa shape index (κ2) is 5.40. The molecule has 0 aliphatic rings. The number of halogens is 3. The van der Waals surface area contributed by atoms with E-state index in [9.17, 15) is 18.3 Å². The smallest absolute Gasteiger partial charge is 0.385 e. The van der Waals surface area contributed by atoms with Crippen LogP contribution in [0.25, 0.3) is 10.9 Å². The summed E-state index contributed by atoms with van der Waals surface area (Å²) in [5, 5.41) is 11.3. The molecule has 0 spiro atoms. The number of hydrogen-bond acceptors (Lipinski definition) is 2. The van der Waals surface area contributed by atoms with Crippen LogP contribution in [-0.2, 0) is 5.60 Å². The fourth-order valence-corrected chi connectivity index (χ4v) is 2.31. The Labute approximate surface area is 115 Å². The van der Waals surface area contributed by atoms with Gasteiger partial charge in [0.1, 0.15) is 0 Å². The Bertz CT molecular complexity index is 588. The van der Waals surface area contributed by atoms with Crippen molar-refractivity contribution in [3.05, 3.63) is 42.1 Å². The number of hydrogen-bond donors (Lipinski definition) is 1. The molecule has 1 heterocycles. The minimum absolute atomic E-state index is 0.0438. The highest BCUT2D eigenvalue weighted by Gasteiger charge is 2.30. The molecule has 0 saturated carbocycles. The van der Waals surface area contributed by atoms with Crippen molar-refractivity contribution in [2.45, 2.75) is 38.0 Å². The lowest BCUT2D eigenvalue weighted by molar-refractivity contribution is -0.137. The van der Waals surface area contributed by atoms with Gasteiger partial charge in [0.25, 0.3) is 0 Å². The van der Waals surface area contributed by atoms with Crippen molar-refractivity contribution in [2.75, 3.05) is 0 Å². The van der Waals surface area contributed by atoms with E-state index in [4.69, 9.17) is 0 Å². The van der Waals surface area contributed by atoms with E-state index in [1.165, 1.54) is 6.92 Å². The standard InChI is InChI=1S/C15H16F3NO/c1-14(20,8-4-9-15(16,17)18)12-7-2-5-11-6-3-10-19-13(11)12/h2-3,5-7,10,20H,4,8-9H2,1H3. The highest BCUT2D eigenvalue weighted by Crippen LogP contribution is 2.33. The van der Waals surface area contributed by atoms with Crippen LogP contribution in [0.4, 0.5) is 13.2 Å². The van der Waals surface area contributed by atoms with Crippen molar-refractivity contribution in [1.29, 1.82) is 0 Å². The van der Waals surface area contributed by atoms with Crippen molar-refractivity contribution in [1.82, 2.24) is 4.98 Å². The Morgan fingerprint density at radius 3 is 2.50 bits per heavy atom. The summed E-state index contributed by atoms with van der Waals surface area (Å²) in [5.41, 5.74) is -0.121. The van der Waals surface area contributed by atoms with Crippen LogP contribution in [0.1, 0.15) is 31.7 Å². The number of alkyl halides is 3. The highest BCUT2D eigenvalue weighted by atomic mass is 19.4. The van der Waals surface area contributed by atoms with Crippen LogP contribution in [0.5, 0.6) is 0 Å². The summed E-state index contributed by atoms with van der Waals surface area (Å²) in [6.07, 6.45) is -3.53. The van der Waals surface area contributed by atoms with Crippen molar-refractivity contribution < 1.29 is 18.3 Å². The lowest BCUT2D eigenvalue weighted by Gasteiger charge is -2.25. The molecule has 20 heavy (non-hydrogen) atoms. The molecule has 0 saturated heterocycles. The number of benzene rings is 1. The van der Waals surface area contributed by atoms with Crippen molar-refractivity contribution >= 4 is 10.9 Å². The number of aliphatic hydroxyl groups is 1. The fourth-order valence-electron chi connectivity index (χ4n) is 2.31. The van der Waals surface area contributed by atoms with E-state index in [0.29, 0.717) is 11.1 Å². The van der Waals surface area contributed by atoms with E-state index < -0.39 is 18.2 Å². The largest absolute Gasteiger partial charge is 0.389 e. The van der Waals surface area contributed by atoms with Crippen molar-refractivity contribution in [3.63, 3.8) is 0 Å². The number of nitrogens with zero attached hydrogens (tertiary/aromatic N) is 1. The maximum atomic E-state index is 12.2. The van der Waals surface area contributed by atoms with Gasteiger partial charge in [0.15, 0.2) is 0 Å². The van der Waals surface area contributed by atoms with Crippen LogP contribution in [-0.4, -0.2) is 16.3 Å². The summed E-state index contributed by atoms with van der Waals surface area (Å²) in [7, 11) is 0. The van der Waals surface area contributed by atoms with Gasteiger partial charge in [-0.2, -0.15) is 13.2 Å². The van der Waals surface area contributed by atoms with E-state index in [-0.39, 0.29) is 12.8 Å². The Morgan fingerprint density at radius 2 is 1.80 bits per heavy atom. The summed E-state index contributed by atoms with van der Waals surface area (Å²) in [6.45, 7) is 1.53. The van der Waals surface area contributed by atoms with Gasteiger partial charge in [-0.25, -0.2) is 0 Å². The first-order valence-electron chi connectivity index (χ1n) is 6.43. The van der Waals surface area contributed by atoms with E-state index >= 15 is 0 Å². The van der Waals surface area contributed by atoms with Crippen LogP contribution in [0, 0.1) is 0 Å². The number of para-hydroxylation sites is 1. The average Bonchev–Trinajstić information content (AvgIpc) is 2.36. The maximum absolute atomic E-state index is 12.2. The first-order valence-corrected chi connectivity index (χ1v) is 6.43. The van der Waals surface area contributed by atoms with Crippen molar-refractivity contribution in [2.24, 2.45) is 0 Å². The molecule has 1 atom stereocenters. The first-order chi connectivity index (χ1) is 9.30. The van der Waals surface area contributed by atoms with Crippen LogP contribution >= 0.6 is 0 Å². The summed E-state index contributed by atoms with van der Waals surface area (Å²) >= 11 is 0. The molecular weight excluding hydrogens is 267 g/mol. The molecule has 2 aromatic rings. The third-order valence-corrected chi connectivity index (χ3v) is 3.34. The molecule has 0 aliphatic carbocycles. The molecule has 1 N–H and O–H groups in total. The fraction of sp³-hybridized carbons (Fsp3) is 0.400. The molecule has 1 aromatic carbocycles. The van der Waals surface area contributed by atoms with E-state index in [0.717, 1.165) is 5.39 Å². The van der Waals surface area contributed by atoms with Gasteiger partial charge < -0.3 is 5.11 Å². The quantitative estimate of drug-likeness (QED) is 0.913. The molecule has 2 nitrogen and oxygen atoms in total. The predicted octanol–water partition coefficient (Wildman–Crippen LogP) is 4.17. The van der Waals surface area contributed by atoms with Gasteiger partial charge >= 0.3 is 6.18 Å². The van der Waals surface area contributed by atoms with Crippen molar-refractivity contribution in [3.8, 4) is 0 Å². The van der Waals surface area contributed by atoms with Gasteiger partial charge in [-0.15, -0.1) is 0 Å². The average molecular weight is 283 g/mol. The number of rotatable bonds is 4. The molecular formula is C15H16F3NO. The highest BCUT2D eigenvalue weighted by molar-refractivity contribution is 5.82. The van der Waals surface area contributed by atoms with E-state index in [2.05, 4.69) is 4.98 Å². The second-order valence-electron chi connectivity index (χ2n) is 5.12. The third-order valence-electron chi connectivity index (χ3n) is 3.34. The zero-order chi connectivity index (χ0) is 14.8. The summed E-state index contributed by atoms with van der Waals surface area (Å²) < 4.78 is 36.6. The molecule has 5 heteroatoms. The maximum Gasteiger partial charge on any atom is 0.389 e. The molecule has 108 valence electrons. The first kappa shape index (κ1) is 14.8. The zero-order valence-electron chi connectivity index (χ0n) is 11.1. The third kappa shape index (κ3) is 3.48. The Hall–Kier alpha value is -1.62. The van der Waals surface area contributed by atoms with E-state index in [1.807, 2.05) is 12.1 Å². The van der Waals surface area contributed by atoms with Crippen LogP contribution in [0.3, 0.4) is 0 Å². The Balaban J connectivity index is 2.23. The molecule has 2 rings (SSSR count). The number of fused-ring (bicyclic) bond motifs is 1. The van der Waals surface area contributed by atoms with Gasteiger partial charge in [0.2, 0.25) is 0 Å². The van der Waals surface area contributed by atoms with E-state index in [1.54, 1.807) is 24.4 Å². The topological polar surface area (TPSA) is 33.1 Å². The van der Waals surface area contributed by atoms with Crippen LogP contribution in [0.15, 0.2) is 36.5 Å². The monoisotopic (exact) mass is 283 g/mol. The SMILES string of the molecule is CC(O)(CCCC(F)(F)F)c1cccc2cccnc12. The van der Waals surface area contributed by atoms with Gasteiger partial charge in [0.05, 0.1) is 11.1 Å². The summed E-state index contributed by atoms with van der Waals surface area (Å²) in [4.78, 5) is 4.22. The molecule has 0 amide bonds. The Morgan fingerprint density at radius 1 is 1.10 bits per heavy atom. The molecule has 0 fully saturated rings. The lowest BCUT2D eigenvalue weighted by atomic mass is 9.88. The molecule has 1 unspecified atom stereocenters. The zero-order valence-corrected chi connectivity index (χ0v) is 11.1. The Kier molecular flexibility index (Phi) is 3.99. The van der Waals surface area contributed by atoms with Gasteiger partial charge in [0, 0.05) is 23.6 Å².